The fraction of sp³-hybridized carbons (Fsp3) is 0.394. The summed E-state index contributed by atoms with van der Waals surface area (Å²) in [5.41, 5.74) is 2.57. The van der Waals surface area contributed by atoms with Crippen LogP contribution in [-0.2, 0) is 19.4 Å². The molecule has 0 aliphatic carbocycles. The summed E-state index contributed by atoms with van der Waals surface area (Å²) >= 11 is 0. The van der Waals surface area contributed by atoms with Gasteiger partial charge in [-0.15, -0.1) is 0 Å². The summed E-state index contributed by atoms with van der Waals surface area (Å²) in [4.78, 5) is 21.1. The van der Waals surface area contributed by atoms with Gasteiger partial charge >= 0.3 is 0 Å². The van der Waals surface area contributed by atoms with E-state index in [0.717, 1.165) is 24.1 Å². The predicted octanol–water partition coefficient (Wildman–Crippen LogP) is 4.98. The standard InChI is InChI=1S/C33H41N3O6/c1-22(2)42-26-9-11-28-27(21-26)33(37)36(32(34-28)20-24-19-25(38-4)10-13-29(24)39-5)17-16-35(3)15-14-23-8-12-30(40-6)31(18-23)41-7/h8-13,18-19,21-22H,14-17,20H2,1-7H3. The first-order chi connectivity index (χ1) is 20.3. The van der Waals surface area contributed by atoms with E-state index >= 15 is 0 Å². The zero-order valence-corrected chi connectivity index (χ0v) is 25.6. The average molecular weight is 576 g/mol. The molecule has 4 rings (SSSR count). The number of aromatic nitrogens is 2. The van der Waals surface area contributed by atoms with Gasteiger partial charge in [0.2, 0.25) is 0 Å². The summed E-state index contributed by atoms with van der Waals surface area (Å²) in [5.74, 6) is 4.15. The maximum Gasteiger partial charge on any atom is 0.261 e. The Kier molecular flexibility index (Phi) is 10.3. The van der Waals surface area contributed by atoms with Crippen molar-refractivity contribution in [2.45, 2.75) is 39.3 Å². The highest BCUT2D eigenvalue weighted by molar-refractivity contribution is 5.79. The second-order valence-electron chi connectivity index (χ2n) is 10.4. The molecule has 4 aromatic rings. The van der Waals surface area contributed by atoms with Gasteiger partial charge in [0.15, 0.2) is 11.5 Å². The van der Waals surface area contributed by atoms with Crippen LogP contribution in [0.1, 0.15) is 30.8 Å². The molecule has 0 aliphatic heterocycles. The van der Waals surface area contributed by atoms with E-state index in [2.05, 4.69) is 11.9 Å². The van der Waals surface area contributed by atoms with E-state index in [1.54, 1.807) is 39.1 Å². The smallest absolute Gasteiger partial charge is 0.261 e. The summed E-state index contributed by atoms with van der Waals surface area (Å²) < 4.78 is 29.5. The number of hydrogen-bond donors (Lipinski definition) is 0. The summed E-state index contributed by atoms with van der Waals surface area (Å²) in [6.45, 7) is 5.86. The van der Waals surface area contributed by atoms with Crippen LogP contribution in [0.4, 0.5) is 0 Å². The third kappa shape index (κ3) is 7.33. The molecule has 0 unspecified atom stereocenters. The van der Waals surface area contributed by atoms with E-state index in [1.165, 1.54) is 0 Å². The highest BCUT2D eigenvalue weighted by atomic mass is 16.5. The largest absolute Gasteiger partial charge is 0.497 e. The Bertz CT molecular complexity index is 1570. The van der Waals surface area contributed by atoms with Crippen LogP contribution in [0.15, 0.2) is 59.4 Å². The number of rotatable bonds is 14. The molecular weight excluding hydrogens is 534 g/mol. The lowest BCUT2D eigenvalue weighted by atomic mass is 10.1. The predicted molar refractivity (Wildman–Crippen MR) is 165 cm³/mol. The number of methoxy groups -OCH3 is 4. The Labute approximate surface area is 247 Å². The van der Waals surface area contributed by atoms with Gasteiger partial charge in [0.1, 0.15) is 23.1 Å². The van der Waals surface area contributed by atoms with E-state index in [9.17, 15) is 4.79 Å². The maximum absolute atomic E-state index is 13.9. The summed E-state index contributed by atoms with van der Waals surface area (Å²) in [6, 6.07) is 17.1. The molecule has 3 aromatic carbocycles. The van der Waals surface area contributed by atoms with E-state index in [-0.39, 0.29) is 11.7 Å². The molecule has 0 bridgehead atoms. The first-order valence-corrected chi connectivity index (χ1v) is 14.1. The Morgan fingerprint density at radius 2 is 1.52 bits per heavy atom. The average Bonchev–Trinajstić information content (AvgIpc) is 2.99. The molecule has 0 N–H and O–H groups in total. The minimum atomic E-state index is -0.0978. The van der Waals surface area contributed by atoms with Crippen molar-refractivity contribution in [3.8, 4) is 28.7 Å². The summed E-state index contributed by atoms with van der Waals surface area (Å²) in [7, 11) is 8.59. The maximum atomic E-state index is 13.9. The number of hydrogen-bond acceptors (Lipinski definition) is 8. The molecule has 0 saturated carbocycles. The third-order valence-electron chi connectivity index (χ3n) is 7.15. The molecule has 0 atom stereocenters. The van der Waals surface area contributed by atoms with Crippen molar-refractivity contribution in [2.75, 3.05) is 48.6 Å². The number of fused-ring (bicyclic) bond motifs is 1. The Hall–Kier alpha value is -4.24. The van der Waals surface area contributed by atoms with Crippen LogP contribution in [0.2, 0.25) is 0 Å². The fourth-order valence-corrected chi connectivity index (χ4v) is 4.89. The second kappa shape index (κ2) is 14.1. The number of benzene rings is 3. The van der Waals surface area contributed by atoms with E-state index in [0.29, 0.717) is 65.0 Å². The second-order valence-corrected chi connectivity index (χ2v) is 10.4. The topological polar surface area (TPSA) is 84.3 Å². The van der Waals surface area contributed by atoms with E-state index < -0.39 is 0 Å². The number of nitrogens with zero attached hydrogens (tertiary/aromatic N) is 3. The van der Waals surface area contributed by atoms with Crippen molar-refractivity contribution in [3.63, 3.8) is 0 Å². The van der Waals surface area contributed by atoms with Gasteiger partial charge in [-0.2, -0.15) is 0 Å². The first-order valence-electron chi connectivity index (χ1n) is 14.1. The minimum Gasteiger partial charge on any atom is -0.497 e. The monoisotopic (exact) mass is 575 g/mol. The molecule has 9 heteroatoms. The lowest BCUT2D eigenvalue weighted by molar-refractivity contribution is 0.242. The van der Waals surface area contributed by atoms with E-state index in [1.807, 2.05) is 62.4 Å². The van der Waals surface area contributed by atoms with Gasteiger partial charge < -0.3 is 28.6 Å². The molecule has 1 aromatic heterocycles. The lowest BCUT2D eigenvalue weighted by Gasteiger charge is -2.20. The van der Waals surface area contributed by atoms with Crippen molar-refractivity contribution in [1.82, 2.24) is 14.5 Å². The lowest BCUT2D eigenvalue weighted by Crippen LogP contribution is -2.32. The van der Waals surface area contributed by atoms with Gasteiger partial charge in [0, 0.05) is 31.6 Å². The fourth-order valence-electron chi connectivity index (χ4n) is 4.89. The number of ether oxygens (including phenoxy) is 5. The van der Waals surface area contributed by atoms with Gasteiger partial charge in [0.05, 0.1) is 45.4 Å². The molecule has 0 aliphatic rings. The molecule has 0 spiro atoms. The molecular formula is C33H41N3O6. The third-order valence-corrected chi connectivity index (χ3v) is 7.15. The quantitative estimate of drug-likeness (QED) is 0.208. The normalized spacial score (nSPS) is 11.3. The molecule has 9 nitrogen and oxygen atoms in total. The molecule has 1 heterocycles. The van der Waals surface area contributed by atoms with Crippen LogP contribution in [0.5, 0.6) is 28.7 Å². The molecule has 0 saturated heterocycles. The molecule has 0 fully saturated rings. The van der Waals surface area contributed by atoms with Gasteiger partial charge in [-0.05, 0) is 81.4 Å². The van der Waals surface area contributed by atoms with Crippen molar-refractivity contribution in [1.29, 1.82) is 0 Å². The Morgan fingerprint density at radius 1 is 0.810 bits per heavy atom. The van der Waals surface area contributed by atoms with Crippen LogP contribution in [0, 0.1) is 0 Å². The SMILES string of the molecule is COc1ccc(OC)c(Cc2nc3ccc(OC(C)C)cc3c(=O)n2CCN(C)CCc2ccc(OC)c(OC)c2)c1. The minimum absolute atomic E-state index is 0.00301. The van der Waals surface area contributed by atoms with Crippen LogP contribution in [0.3, 0.4) is 0 Å². The van der Waals surface area contributed by atoms with Crippen LogP contribution in [0.25, 0.3) is 10.9 Å². The highest BCUT2D eigenvalue weighted by Gasteiger charge is 2.16. The van der Waals surface area contributed by atoms with Crippen LogP contribution < -0.4 is 29.2 Å². The Morgan fingerprint density at radius 3 is 2.21 bits per heavy atom. The van der Waals surface area contributed by atoms with Gasteiger partial charge in [-0.1, -0.05) is 6.07 Å². The summed E-state index contributed by atoms with van der Waals surface area (Å²) in [5, 5.41) is 0.530. The first kappa shape index (κ1) is 30.7. The highest BCUT2D eigenvalue weighted by Crippen LogP contribution is 2.28. The van der Waals surface area contributed by atoms with Crippen molar-refractivity contribution in [2.24, 2.45) is 0 Å². The van der Waals surface area contributed by atoms with Gasteiger partial charge in [0.25, 0.3) is 5.56 Å². The van der Waals surface area contributed by atoms with Gasteiger partial charge in [-0.3, -0.25) is 9.36 Å². The molecule has 224 valence electrons. The van der Waals surface area contributed by atoms with Gasteiger partial charge in [-0.25, -0.2) is 4.98 Å². The molecule has 0 radical (unpaired) electrons. The molecule has 42 heavy (non-hydrogen) atoms. The van der Waals surface area contributed by atoms with Crippen LogP contribution >= 0.6 is 0 Å². The van der Waals surface area contributed by atoms with Crippen molar-refractivity contribution < 1.29 is 23.7 Å². The summed E-state index contributed by atoms with van der Waals surface area (Å²) in [6.07, 6.45) is 1.23. The van der Waals surface area contributed by atoms with Crippen molar-refractivity contribution in [3.05, 3.63) is 81.9 Å². The number of likely N-dealkylation sites (N-methyl/N-ethyl adjacent to an activating group) is 1. The van der Waals surface area contributed by atoms with Crippen LogP contribution in [-0.4, -0.2) is 69.1 Å². The Balaban J connectivity index is 1.62. The molecule has 0 amide bonds. The zero-order valence-electron chi connectivity index (χ0n) is 25.6. The van der Waals surface area contributed by atoms with E-state index in [4.69, 9.17) is 28.7 Å². The van der Waals surface area contributed by atoms with Crippen molar-refractivity contribution >= 4 is 10.9 Å². The zero-order chi connectivity index (χ0) is 30.2.